The van der Waals surface area contributed by atoms with E-state index in [9.17, 15) is 14.7 Å². The van der Waals surface area contributed by atoms with Crippen LogP contribution in [-0.4, -0.2) is 45.5 Å². The third-order valence-electron chi connectivity index (χ3n) is 4.51. The molecular weight excluding hydrogens is 376 g/mol. The average Bonchev–Trinajstić information content (AvgIpc) is 2.75. The fourth-order valence-electron chi connectivity index (χ4n) is 3.14. The predicted octanol–water partition coefficient (Wildman–Crippen LogP) is 3.66. The van der Waals surface area contributed by atoms with E-state index in [1.807, 2.05) is 0 Å². The highest BCUT2D eigenvalue weighted by atomic mass is 16.5. The zero-order chi connectivity index (χ0) is 21.4. The molecule has 0 aliphatic rings. The lowest BCUT2D eigenvalue weighted by Gasteiger charge is -2.22. The van der Waals surface area contributed by atoms with Crippen LogP contribution in [0.15, 0.2) is 48.6 Å². The van der Waals surface area contributed by atoms with Crippen LogP contribution in [0.4, 0.5) is 0 Å². The molecule has 0 radical (unpaired) electrons. The lowest BCUT2D eigenvalue weighted by atomic mass is 9.84. The van der Waals surface area contributed by atoms with Gasteiger partial charge in [-0.3, -0.25) is 0 Å². The predicted molar refractivity (Wildman–Crippen MR) is 107 cm³/mol. The molecule has 7 nitrogen and oxygen atoms in total. The quantitative estimate of drug-likeness (QED) is 0.507. The second kappa shape index (κ2) is 10.2. The van der Waals surface area contributed by atoms with Crippen LogP contribution in [0.25, 0.3) is 0 Å². The Kier molecular flexibility index (Phi) is 7.65. The Morgan fingerprint density at radius 1 is 0.966 bits per heavy atom. The Hall–Kier alpha value is -3.48. The van der Waals surface area contributed by atoms with Crippen LogP contribution in [0.5, 0.6) is 17.2 Å². The number of allylic oxidation sites excluding steroid dienone is 1. The molecule has 0 fully saturated rings. The first kappa shape index (κ1) is 21.8. The second-order valence-corrected chi connectivity index (χ2v) is 6.05. The Morgan fingerprint density at radius 2 is 1.69 bits per heavy atom. The van der Waals surface area contributed by atoms with Crippen LogP contribution in [0.2, 0.25) is 0 Å². The van der Waals surface area contributed by atoms with Crippen molar-refractivity contribution in [1.82, 2.24) is 0 Å². The van der Waals surface area contributed by atoms with E-state index in [1.165, 1.54) is 27.4 Å². The van der Waals surface area contributed by atoms with Gasteiger partial charge in [0.05, 0.1) is 28.4 Å². The summed E-state index contributed by atoms with van der Waals surface area (Å²) in [5.74, 6) is -0.628. The largest absolute Gasteiger partial charge is 0.497 e. The zero-order valence-corrected chi connectivity index (χ0v) is 16.8. The van der Waals surface area contributed by atoms with Crippen molar-refractivity contribution in [3.8, 4) is 17.2 Å². The van der Waals surface area contributed by atoms with Crippen molar-refractivity contribution < 1.29 is 33.6 Å². The van der Waals surface area contributed by atoms with Crippen LogP contribution in [0, 0.1) is 0 Å². The van der Waals surface area contributed by atoms with Crippen molar-refractivity contribution in [3.05, 3.63) is 65.2 Å². The second-order valence-electron chi connectivity index (χ2n) is 6.05. The molecule has 7 heteroatoms. The Labute approximate surface area is 169 Å². The van der Waals surface area contributed by atoms with Gasteiger partial charge in [-0.1, -0.05) is 18.2 Å². The first-order chi connectivity index (χ1) is 14.0. The summed E-state index contributed by atoms with van der Waals surface area (Å²) in [6.45, 7) is 0. The summed E-state index contributed by atoms with van der Waals surface area (Å²) in [6.07, 6.45) is 3.27. The molecule has 29 heavy (non-hydrogen) atoms. The molecule has 2 rings (SSSR count). The van der Waals surface area contributed by atoms with Gasteiger partial charge in [-0.2, -0.15) is 0 Å². The van der Waals surface area contributed by atoms with E-state index in [4.69, 9.17) is 14.2 Å². The topological polar surface area (TPSA) is 91.3 Å². The van der Waals surface area contributed by atoms with Crippen molar-refractivity contribution in [2.24, 2.45) is 0 Å². The van der Waals surface area contributed by atoms with Crippen molar-refractivity contribution in [1.29, 1.82) is 0 Å². The van der Waals surface area contributed by atoms with Crippen LogP contribution < -0.4 is 14.2 Å². The smallest absolute Gasteiger partial charge is 0.339 e. The Morgan fingerprint density at radius 3 is 2.28 bits per heavy atom. The maximum atomic E-state index is 12.0. The lowest BCUT2D eigenvalue weighted by Crippen LogP contribution is -2.11. The van der Waals surface area contributed by atoms with Gasteiger partial charge in [0.25, 0.3) is 0 Å². The van der Waals surface area contributed by atoms with Gasteiger partial charge in [0.1, 0.15) is 22.8 Å². The summed E-state index contributed by atoms with van der Waals surface area (Å²) in [5, 5.41) is 9.82. The molecule has 1 N–H and O–H groups in total. The van der Waals surface area contributed by atoms with Crippen LogP contribution in [0.1, 0.15) is 33.8 Å². The number of hydrogen-bond donors (Lipinski definition) is 1. The van der Waals surface area contributed by atoms with Crippen LogP contribution >= 0.6 is 0 Å². The van der Waals surface area contributed by atoms with E-state index in [-0.39, 0.29) is 11.3 Å². The highest BCUT2D eigenvalue weighted by molar-refractivity contribution is 5.93. The van der Waals surface area contributed by atoms with E-state index in [0.29, 0.717) is 23.5 Å². The average molecular weight is 400 g/mol. The first-order valence-electron chi connectivity index (χ1n) is 8.83. The van der Waals surface area contributed by atoms with E-state index in [0.717, 1.165) is 5.56 Å². The van der Waals surface area contributed by atoms with Gasteiger partial charge in [0, 0.05) is 17.6 Å². The minimum Gasteiger partial charge on any atom is -0.497 e. The van der Waals surface area contributed by atoms with Crippen LogP contribution in [0.3, 0.4) is 0 Å². The summed E-state index contributed by atoms with van der Waals surface area (Å²) in [6, 6.07) is 10.3. The number of methoxy groups -OCH3 is 4. The van der Waals surface area contributed by atoms with Gasteiger partial charge in [0.2, 0.25) is 0 Å². The molecule has 0 saturated carbocycles. The number of carboxylic acids is 1. The Balaban J connectivity index is 2.69. The molecule has 1 unspecified atom stereocenters. The molecule has 0 aromatic heterocycles. The van der Waals surface area contributed by atoms with Crippen molar-refractivity contribution >= 4 is 11.9 Å². The summed E-state index contributed by atoms with van der Waals surface area (Å²) in [4.78, 5) is 23.5. The molecule has 1 atom stereocenters. The number of aromatic carboxylic acids is 1. The highest BCUT2D eigenvalue weighted by Crippen LogP contribution is 2.40. The van der Waals surface area contributed by atoms with Gasteiger partial charge in [0.15, 0.2) is 0 Å². The first-order valence-corrected chi connectivity index (χ1v) is 8.83. The van der Waals surface area contributed by atoms with Gasteiger partial charge < -0.3 is 24.1 Å². The molecule has 0 bridgehead atoms. The van der Waals surface area contributed by atoms with Crippen molar-refractivity contribution in [2.45, 2.75) is 12.3 Å². The maximum Gasteiger partial charge on any atom is 0.339 e. The zero-order valence-electron chi connectivity index (χ0n) is 16.8. The highest BCUT2D eigenvalue weighted by Gasteiger charge is 2.26. The standard InChI is InChI=1S/C22H24O7/c1-26-14-11-12-18(27-2)17(13-14)15(7-6-10-20(23)29-4)16-8-5-9-19(28-3)21(16)22(24)25/h5-6,8-13,15H,7H2,1-4H3,(H,24,25)/b10-6+. The normalized spacial score (nSPS) is 11.7. The third kappa shape index (κ3) is 5.07. The lowest BCUT2D eigenvalue weighted by molar-refractivity contribution is -0.134. The molecule has 0 amide bonds. The molecule has 2 aromatic carbocycles. The molecule has 2 aromatic rings. The molecule has 0 aliphatic heterocycles. The Bertz CT molecular complexity index is 902. The number of hydrogen-bond acceptors (Lipinski definition) is 6. The van der Waals surface area contributed by atoms with Crippen molar-refractivity contribution in [3.63, 3.8) is 0 Å². The molecule has 154 valence electrons. The summed E-state index contributed by atoms with van der Waals surface area (Å²) >= 11 is 0. The molecular formula is C22H24O7. The fourth-order valence-corrected chi connectivity index (χ4v) is 3.14. The minimum absolute atomic E-state index is 0.0522. The van der Waals surface area contributed by atoms with E-state index < -0.39 is 17.9 Å². The van der Waals surface area contributed by atoms with Crippen LogP contribution in [-0.2, 0) is 9.53 Å². The molecule has 0 spiro atoms. The summed E-state index contributed by atoms with van der Waals surface area (Å²) in [7, 11) is 5.80. The SMILES string of the molecule is COC(=O)/C=C/CC(c1cc(OC)ccc1OC)c1cccc(OC)c1C(=O)O. The maximum absolute atomic E-state index is 12.0. The number of carbonyl (C=O) groups excluding carboxylic acids is 1. The fraction of sp³-hybridized carbons (Fsp3) is 0.273. The molecule has 0 heterocycles. The number of benzene rings is 2. The van der Waals surface area contributed by atoms with E-state index in [1.54, 1.807) is 49.6 Å². The molecule has 0 saturated heterocycles. The minimum atomic E-state index is -1.11. The van der Waals surface area contributed by atoms with Gasteiger partial charge in [-0.25, -0.2) is 9.59 Å². The van der Waals surface area contributed by atoms with E-state index in [2.05, 4.69) is 4.74 Å². The number of carboxylic acid groups (broad SMARTS) is 1. The summed E-state index contributed by atoms with van der Waals surface area (Å²) in [5.41, 5.74) is 1.30. The number of carbonyl (C=O) groups is 2. The molecule has 0 aliphatic carbocycles. The van der Waals surface area contributed by atoms with Gasteiger partial charge >= 0.3 is 11.9 Å². The number of ether oxygens (including phenoxy) is 4. The third-order valence-corrected chi connectivity index (χ3v) is 4.51. The number of esters is 1. The van der Waals surface area contributed by atoms with Gasteiger partial charge in [-0.05, 0) is 36.2 Å². The van der Waals surface area contributed by atoms with Crippen molar-refractivity contribution in [2.75, 3.05) is 28.4 Å². The summed E-state index contributed by atoms with van der Waals surface area (Å²) < 4.78 is 20.7. The number of rotatable bonds is 9. The van der Waals surface area contributed by atoms with E-state index >= 15 is 0 Å². The monoisotopic (exact) mass is 400 g/mol. The van der Waals surface area contributed by atoms with Gasteiger partial charge in [-0.15, -0.1) is 0 Å².